The number of anilines is 1. The van der Waals surface area contributed by atoms with Gasteiger partial charge in [-0.1, -0.05) is 0 Å². The van der Waals surface area contributed by atoms with Gasteiger partial charge in [0.25, 0.3) is 0 Å². The normalized spacial score (nSPS) is 34.5. The molecule has 1 N–H and O–H groups in total. The summed E-state index contributed by atoms with van der Waals surface area (Å²) in [5.41, 5.74) is 0. The van der Waals surface area contributed by atoms with Gasteiger partial charge in [-0.15, -0.1) is 0 Å². The summed E-state index contributed by atoms with van der Waals surface area (Å²) < 4.78 is 0. The molecule has 4 heteroatoms. The maximum Gasteiger partial charge on any atom is 0.132 e. The van der Waals surface area contributed by atoms with E-state index in [4.69, 9.17) is 0 Å². The first-order valence-electron chi connectivity index (χ1n) is 5.57. The molecule has 3 heterocycles. The molecule has 2 aliphatic heterocycles. The highest BCUT2D eigenvalue weighted by Gasteiger charge is 2.40. The number of piperidine rings is 1. The Morgan fingerprint density at radius 2 is 2.00 bits per heavy atom. The molecular formula is C11H15N3O. The molecule has 1 unspecified atom stereocenters. The summed E-state index contributed by atoms with van der Waals surface area (Å²) >= 11 is 0. The SMILES string of the molecule is OC1C[C@H]2CC[C@@H](C1)N2c1ccncn1. The van der Waals surface area contributed by atoms with Crippen molar-refractivity contribution in [1.82, 2.24) is 9.97 Å². The molecule has 0 saturated carbocycles. The Bertz CT molecular complexity index is 329. The van der Waals surface area contributed by atoms with Crippen molar-refractivity contribution >= 4 is 5.82 Å². The predicted molar refractivity (Wildman–Crippen MR) is 56.6 cm³/mol. The van der Waals surface area contributed by atoms with Gasteiger partial charge in [0.05, 0.1) is 6.10 Å². The van der Waals surface area contributed by atoms with Crippen LogP contribution in [-0.4, -0.2) is 33.3 Å². The molecule has 0 amide bonds. The van der Waals surface area contributed by atoms with E-state index in [9.17, 15) is 5.11 Å². The van der Waals surface area contributed by atoms with Gasteiger partial charge in [0, 0.05) is 18.3 Å². The van der Waals surface area contributed by atoms with E-state index in [0.29, 0.717) is 12.1 Å². The number of fused-ring (bicyclic) bond motifs is 2. The first-order valence-corrected chi connectivity index (χ1v) is 5.57. The first-order chi connectivity index (χ1) is 7.34. The molecule has 2 fully saturated rings. The van der Waals surface area contributed by atoms with E-state index in [1.807, 2.05) is 6.07 Å². The van der Waals surface area contributed by atoms with Gasteiger partial charge in [0.1, 0.15) is 12.1 Å². The van der Waals surface area contributed by atoms with Crippen LogP contribution < -0.4 is 4.90 Å². The lowest BCUT2D eigenvalue weighted by Gasteiger charge is -2.37. The maximum absolute atomic E-state index is 9.70. The summed E-state index contributed by atoms with van der Waals surface area (Å²) in [6, 6.07) is 2.92. The quantitative estimate of drug-likeness (QED) is 0.742. The minimum absolute atomic E-state index is 0.111. The molecule has 0 radical (unpaired) electrons. The number of aliphatic hydroxyl groups excluding tert-OH is 1. The lowest BCUT2D eigenvalue weighted by Crippen LogP contribution is -2.45. The number of rotatable bonds is 1. The van der Waals surface area contributed by atoms with E-state index in [-0.39, 0.29) is 6.10 Å². The van der Waals surface area contributed by atoms with Gasteiger partial charge in [0.15, 0.2) is 0 Å². The Labute approximate surface area is 89.0 Å². The summed E-state index contributed by atoms with van der Waals surface area (Å²) in [7, 11) is 0. The number of aliphatic hydroxyl groups is 1. The average Bonchev–Trinajstić information content (AvgIpc) is 2.53. The van der Waals surface area contributed by atoms with Crippen molar-refractivity contribution in [2.24, 2.45) is 0 Å². The first kappa shape index (κ1) is 9.09. The van der Waals surface area contributed by atoms with Crippen LogP contribution in [0.15, 0.2) is 18.6 Å². The second kappa shape index (κ2) is 3.45. The predicted octanol–water partition coefficient (Wildman–Crippen LogP) is 0.969. The molecule has 1 aromatic heterocycles. The van der Waals surface area contributed by atoms with Gasteiger partial charge in [-0.05, 0) is 31.7 Å². The van der Waals surface area contributed by atoms with E-state index in [2.05, 4.69) is 14.9 Å². The number of hydrogen-bond acceptors (Lipinski definition) is 4. The fraction of sp³-hybridized carbons (Fsp3) is 0.636. The van der Waals surface area contributed by atoms with E-state index in [0.717, 1.165) is 18.7 Å². The summed E-state index contributed by atoms with van der Waals surface area (Å²) in [5.74, 6) is 1.02. The third-order valence-corrected chi connectivity index (χ3v) is 3.54. The van der Waals surface area contributed by atoms with Gasteiger partial charge < -0.3 is 10.0 Å². The lowest BCUT2D eigenvalue weighted by atomic mass is 10.00. The van der Waals surface area contributed by atoms with Gasteiger partial charge in [-0.25, -0.2) is 9.97 Å². The maximum atomic E-state index is 9.70. The van der Waals surface area contributed by atoms with Crippen LogP contribution in [0.3, 0.4) is 0 Å². The van der Waals surface area contributed by atoms with Gasteiger partial charge in [0.2, 0.25) is 0 Å². The fourth-order valence-electron chi connectivity index (χ4n) is 2.96. The lowest BCUT2D eigenvalue weighted by molar-refractivity contribution is 0.126. The third-order valence-electron chi connectivity index (χ3n) is 3.54. The zero-order valence-electron chi connectivity index (χ0n) is 8.58. The van der Waals surface area contributed by atoms with Crippen LogP contribution in [0.25, 0.3) is 0 Å². The molecule has 2 aliphatic rings. The largest absolute Gasteiger partial charge is 0.393 e. The van der Waals surface area contributed by atoms with Crippen LogP contribution in [0.1, 0.15) is 25.7 Å². The molecule has 1 aromatic rings. The van der Waals surface area contributed by atoms with Crippen molar-refractivity contribution in [3.05, 3.63) is 18.6 Å². The molecule has 3 rings (SSSR count). The topological polar surface area (TPSA) is 49.2 Å². The number of hydrogen-bond donors (Lipinski definition) is 1. The van der Waals surface area contributed by atoms with Gasteiger partial charge in [-0.3, -0.25) is 0 Å². The van der Waals surface area contributed by atoms with Crippen LogP contribution in [-0.2, 0) is 0 Å². The van der Waals surface area contributed by atoms with Crippen LogP contribution >= 0.6 is 0 Å². The molecule has 4 nitrogen and oxygen atoms in total. The highest BCUT2D eigenvalue weighted by Crippen LogP contribution is 2.38. The van der Waals surface area contributed by atoms with Crippen molar-refractivity contribution in [2.45, 2.75) is 43.9 Å². The van der Waals surface area contributed by atoms with E-state index >= 15 is 0 Å². The van der Waals surface area contributed by atoms with Crippen molar-refractivity contribution in [3.8, 4) is 0 Å². The van der Waals surface area contributed by atoms with Crippen LogP contribution in [0.4, 0.5) is 5.82 Å². The zero-order chi connectivity index (χ0) is 10.3. The minimum Gasteiger partial charge on any atom is -0.393 e. The Morgan fingerprint density at radius 1 is 1.27 bits per heavy atom. The highest BCUT2D eigenvalue weighted by atomic mass is 16.3. The Morgan fingerprint density at radius 3 is 2.60 bits per heavy atom. The fourth-order valence-corrected chi connectivity index (χ4v) is 2.96. The zero-order valence-corrected chi connectivity index (χ0v) is 8.58. The van der Waals surface area contributed by atoms with Crippen molar-refractivity contribution < 1.29 is 5.11 Å². The van der Waals surface area contributed by atoms with Crippen molar-refractivity contribution in [2.75, 3.05) is 4.90 Å². The second-order valence-corrected chi connectivity index (χ2v) is 4.49. The third kappa shape index (κ3) is 1.49. The molecule has 80 valence electrons. The monoisotopic (exact) mass is 205 g/mol. The molecule has 0 aromatic carbocycles. The summed E-state index contributed by atoms with van der Waals surface area (Å²) in [5, 5.41) is 9.70. The van der Waals surface area contributed by atoms with Crippen LogP contribution in [0, 0.1) is 0 Å². The van der Waals surface area contributed by atoms with Crippen molar-refractivity contribution in [3.63, 3.8) is 0 Å². The standard InChI is InChI=1S/C11H15N3O/c15-10-5-8-1-2-9(6-10)14(8)11-3-4-12-7-13-11/h3-4,7-10,15H,1-2,5-6H2/t8-,9+,10?. The second-order valence-electron chi connectivity index (χ2n) is 4.49. The van der Waals surface area contributed by atoms with Crippen LogP contribution in [0.5, 0.6) is 0 Å². The molecule has 2 bridgehead atoms. The van der Waals surface area contributed by atoms with Gasteiger partial charge >= 0.3 is 0 Å². The van der Waals surface area contributed by atoms with E-state index < -0.39 is 0 Å². The van der Waals surface area contributed by atoms with E-state index in [1.165, 1.54) is 12.8 Å². The summed E-state index contributed by atoms with van der Waals surface area (Å²) in [6.45, 7) is 0. The summed E-state index contributed by atoms with van der Waals surface area (Å²) in [6.07, 6.45) is 7.42. The van der Waals surface area contributed by atoms with E-state index in [1.54, 1.807) is 12.5 Å². The number of nitrogens with zero attached hydrogens (tertiary/aromatic N) is 3. The molecule has 0 aliphatic carbocycles. The molecular weight excluding hydrogens is 190 g/mol. The molecule has 3 atom stereocenters. The molecule has 15 heavy (non-hydrogen) atoms. The Hall–Kier alpha value is -1.16. The number of aromatic nitrogens is 2. The van der Waals surface area contributed by atoms with Crippen LogP contribution in [0.2, 0.25) is 0 Å². The Kier molecular flexibility index (Phi) is 2.09. The minimum atomic E-state index is -0.111. The highest BCUT2D eigenvalue weighted by molar-refractivity contribution is 5.42. The van der Waals surface area contributed by atoms with Crippen molar-refractivity contribution in [1.29, 1.82) is 0 Å². The smallest absolute Gasteiger partial charge is 0.132 e. The molecule has 2 saturated heterocycles. The summed E-state index contributed by atoms with van der Waals surface area (Å²) in [4.78, 5) is 10.6. The Balaban J connectivity index is 1.89. The van der Waals surface area contributed by atoms with Gasteiger partial charge in [-0.2, -0.15) is 0 Å². The molecule has 0 spiro atoms. The average molecular weight is 205 g/mol.